The summed E-state index contributed by atoms with van der Waals surface area (Å²) in [7, 11) is 0. The quantitative estimate of drug-likeness (QED) is 0.746. The number of nitrogens with one attached hydrogen (secondary N) is 1. The van der Waals surface area contributed by atoms with Crippen LogP contribution in [0, 0.1) is 0 Å². The Morgan fingerprint density at radius 2 is 2.19 bits per heavy atom. The molecule has 0 aliphatic rings. The average molecular weight is 322 g/mol. The Morgan fingerprint density at radius 3 is 2.95 bits per heavy atom. The van der Waals surface area contributed by atoms with Crippen LogP contribution in [0.5, 0.6) is 0 Å². The van der Waals surface area contributed by atoms with Gasteiger partial charge in [0.15, 0.2) is 11.2 Å². The highest BCUT2D eigenvalue weighted by atomic mass is 35.5. The number of benzene rings is 1. The lowest BCUT2D eigenvalue weighted by molar-refractivity contribution is -0.113. The molecular formula is C14H9Cl2N3O2. The highest BCUT2D eigenvalue weighted by molar-refractivity contribution is 6.34. The molecule has 3 aromatic rings. The predicted molar refractivity (Wildman–Crippen MR) is 81.6 cm³/mol. The Balaban J connectivity index is 2.02. The van der Waals surface area contributed by atoms with Gasteiger partial charge in [0.05, 0.1) is 10.7 Å². The minimum Gasteiger partial charge on any atom is -0.434 e. The van der Waals surface area contributed by atoms with Crippen LogP contribution in [0.3, 0.4) is 0 Å². The molecule has 7 heteroatoms. The number of amides is 1. The number of nitrogens with zero attached hydrogens (tertiary/aromatic N) is 2. The molecule has 2 aromatic heterocycles. The van der Waals surface area contributed by atoms with E-state index in [9.17, 15) is 4.79 Å². The third-order valence-electron chi connectivity index (χ3n) is 2.77. The first kappa shape index (κ1) is 13.9. The Kier molecular flexibility index (Phi) is 3.77. The van der Waals surface area contributed by atoms with Gasteiger partial charge in [0.2, 0.25) is 11.8 Å². The molecule has 0 saturated carbocycles. The molecule has 0 aliphatic carbocycles. The van der Waals surface area contributed by atoms with Gasteiger partial charge in [-0.25, -0.2) is 4.98 Å². The van der Waals surface area contributed by atoms with E-state index in [2.05, 4.69) is 15.3 Å². The summed E-state index contributed by atoms with van der Waals surface area (Å²) in [4.78, 5) is 19.8. The van der Waals surface area contributed by atoms with Crippen molar-refractivity contribution in [1.29, 1.82) is 0 Å². The molecule has 106 valence electrons. The third-order valence-corrected chi connectivity index (χ3v) is 3.35. The summed E-state index contributed by atoms with van der Waals surface area (Å²) in [6, 6.07) is 8.64. The van der Waals surface area contributed by atoms with Crippen molar-refractivity contribution in [3.63, 3.8) is 0 Å². The highest BCUT2D eigenvalue weighted by Crippen LogP contribution is 2.29. The molecule has 0 spiro atoms. The number of halogens is 2. The highest BCUT2D eigenvalue weighted by Gasteiger charge is 2.12. The molecule has 21 heavy (non-hydrogen) atoms. The van der Waals surface area contributed by atoms with E-state index in [1.165, 1.54) is 0 Å². The van der Waals surface area contributed by atoms with E-state index in [1.54, 1.807) is 36.5 Å². The van der Waals surface area contributed by atoms with Crippen LogP contribution in [-0.4, -0.2) is 21.8 Å². The van der Waals surface area contributed by atoms with E-state index in [4.69, 9.17) is 27.6 Å². The molecule has 1 aromatic carbocycles. The molecule has 5 nitrogen and oxygen atoms in total. The van der Waals surface area contributed by atoms with E-state index in [0.29, 0.717) is 33.4 Å². The number of alkyl halides is 1. The van der Waals surface area contributed by atoms with Crippen LogP contribution in [0.2, 0.25) is 5.02 Å². The first-order valence-corrected chi connectivity index (χ1v) is 6.96. The number of carbonyl (C=O) groups excluding carboxylic acids is 1. The molecule has 2 heterocycles. The number of pyridine rings is 1. The SMILES string of the molecule is O=C(CCl)Nc1cc(-c2nc3ncccc3o2)ccc1Cl. The summed E-state index contributed by atoms with van der Waals surface area (Å²) < 4.78 is 5.62. The van der Waals surface area contributed by atoms with Crippen molar-refractivity contribution in [2.75, 3.05) is 11.2 Å². The fraction of sp³-hybridized carbons (Fsp3) is 0.0714. The van der Waals surface area contributed by atoms with Crippen molar-refractivity contribution in [2.24, 2.45) is 0 Å². The Bertz CT molecular complexity index is 784. The molecule has 0 atom stereocenters. The lowest BCUT2D eigenvalue weighted by Gasteiger charge is -2.06. The number of aromatic nitrogens is 2. The summed E-state index contributed by atoms with van der Waals surface area (Å²) in [5.74, 6) is -0.0791. The summed E-state index contributed by atoms with van der Waals surface area (Å²) in [5, 5.41) is 3.02. The normalized spacial score (nSPS) is 10.8. The largest absolute Gasteiger partial charge is 0.434 e. The number of carbonyl (C=O) groups is 1. The second kappa shape index (κ2) is 5.71. The van der Waals surface area contributed by atoms with E-state index in [-0.39, 0.29) is 11.8 Å². The van der Waals surface area contributed by atoms with Crippen molar-refractivity contribution in [3.8, 4) is 11.5 Å². The van der Waals surface area contributed by atoms with E-state index >= 15 is 0 Å². The summed E-state index contributed by atoms with van der Waals surface area (Å²) in [5.41, 5.74) is 2.25. The first-order chi connectivity index (χ1) is 10.2. The summed E-state index contributed by atoms with van der Waals surface area (Å²) in [6.45, 7) is 0. The van der Waals surface area contributed by atoms with Crippen LogP contribution in [0.15, 0.2) is 40.9 Å². The second-order valence-corrected chi connectivity index (χ2v) is 4.90. The zero-order valence-electron chi connectivity index (χ0n) is 10.6. The van der Waals surface area contributed by atoms with Gasteiger partial charge < -0.3 is 9.73 Å². The summed E-state index contributed by atoms with van der Waals surface area (Å²) >= 11 is 11.5. The number of fused-ring (bicyclic) bond motifs is 1. The minimum absolute atomic E-state index is 0.145. The van der Waals surface area contributed by atoms with Crippen LogP contribution >= 0.6 is 23.2 Å². The van der Waals surface area contributed by atoms with Gasteiger partial charge in [-0.15, -0.1) is 11.6 Å². The lowest BCUT2D eigenvalue weighted by Crippen LogP contribution is -2.12. The lowest BCUT2D eigenvalue weighted by atomic mass is 10.2. The number of rotatable bonds is 3. The van der Waals surface area contributed by atoms with Crippen molar-refractivity contribution >= 4 is 46.0 Å². The Morgan fingerprint density at radius 1 is 1.33 bits per heavy atom. The first-order valence-electron chi connectivity index (χ1n) is 6.04. The van der Waals surface area contributed by atoms with Crippen molar-refractivity contribution in [2.45, 2.75) is 0 Å². The third kappa shape index (κ3) is 2.84. The van der Waals surface area contributed by atoms with Gasteiger partial charge in [-0.1, -0.05) is 11.6 Å². The minimum atomic E-state index is -0.338. The molecular weight excluding hydrogens is 313 g/mol. The molecule has 0 unspecified atom stereocenters. The zero-order chi connectivity index (χ0) is 14.8. The van der Waals surface area contributed by atoms with Crippen LogP contribution in [0.1, 0.15) is 0 Å². The molecule has 1 amide bonds. The number of hydrogen-bond acceptors (Lipinski definition) is 4. The zero-order valence-corrected chi connectivity index (χ0v) is 12.1. The van der Waals surface area contributed by atoms with Gasteiger partial charge in [0.25, 0.3) is 0 Å². The second-order valence-electron chi connectivity index (χ2n) is 4.22. The molecule has 0 aliphatic heterocycles. The van der Waals surface area contributed by atoms with Gasteiger partial charge in [-0.05, 0) is 30.3 Å². The van der Waals surface area contributed by atoms with E-state index in [0.717, 1.165) is 0 Å². The van der Waals surface area contributed by atoms with Crippen LogP contribution in [0.25, 0.3) is 22.7 Å². The molecule has 0 radical (unpaired) electrons. The average Bonchev–Trinajstić information content (AvgIpc) is 2.93. The maximum Gasteiger partial charge on any atom is 0.239 e. The Labute approximate surface area is 129 Å². The van der Waals surface area contributed by atoms with Gasteiger partial charge in [0, 0.05) is 11.8 Å². The van der Waals surface area contributed by atoms with E-state index < -0.39 is 0 Å². The van der Waals surface area contributed by atoms with Gasteiger partial charge in [0.1, 0.15) is 5.88 Å². The maximum atomic E-state index is 11.4. The van der Waals surface area contributed by atoms with Gasteiger partial charge in [-0.3, -0.25) is 4.79 Å². The molecule has 0 fully saturated rings. The summed E-state index contributed by atoms with van der Waals surface area (Å²) in [6.07, 6.45) is 1.64. The topological polar surface area (TPSA) is 68.0 Å². The number of anilines is 1. The number of hydrogen-bond donors (Lipinski definition) is 1. The van der Waals surface area contributed by atoms with Crippen LogP contribution in [0.4, 0.5) is 5.69 Å². The monoisotopic (exact) mass is 321 g/mol. The van der Waals surface area contributed by atoms with Crippen molar-refractivity contribution < 1.29 is 9.21 Å². The van der Waals surface area contributed by atoms with Crippen molar-refractivity contribution in [3.05, 3.63) is 41.6 Å². The van der Waals surface area contributed by atoms with E-state index in [1.807, 2.05) is 0 Å². The smallest absolute Gasteiger partial charge is 0.239 e. The molecule has 3 rings (SSSR count). The molecule has 0 saturated heterocycles. The number of oxazole rings is 1. The maximum absolute atomic E-state index is 11.4. The fourth-order valence-corrected chi connectivity index (χ4v) is 2.06. The fourth-order valence-electron chi connectivity index (χ4n) is 1.83. The van der Waals surface area contributed by atoms with Crippen LogP contribution < -0.4 is 5.32 Å². The van der Waals surface area contributed by atoms with Gasteiger partial charge in [-0.2, -0.15) is 4.98 Å². The van der Waals surface area contributed by atoms with Gasteiger partial charge >= 0.3 is 0 Å². The molecule has 0 bridgehead atoms. The standard InChI is InChI=1S/C14H9Cl2N3O2/c15-7-12(20)18-10-6-8(3-4-9(10)16)14-19-13-11(21-14)2-1-5-17-13/h1-6H,7H2,(H,18,20). The van der Waals surface area contributed by atoms with Crippen molar-refractivity contribution in [1.82, 2.24) is 9.97 Å². The van der Waals surface area contributed by atoms with Crippen LogP contribution in [-0.2, 0) is 4.79 Å². The predicted octanol–water partition coefficient (Wildman–Crippen LogP) is 3.72. The molecule has 1 N–H and O–H groups in total. The Hall–Kier alpha value is -2.11.